The van der Waals surface area contributed by atoms with Gasteiger partial charge in [-0.05, 0) is 70.2 Å². The standard InChI is InChI=1S/C53H70N22O9/c1-68(18-9-13-54)19-10-14-56-42(76)12-16-59-51(82)44-64-40(29-74(44)7)66-50(81)39-24-33(27-73(39)6)62-49(80)38-23-32(26-72(38)5)61-48(79)37-22-31(25-71(37)4)60-46(77)35(55)11-15-58-47(78)36-21-34(28-70(36)3)63-53(84)45-65-41(30-75(45)8)67-52(83)43-57-17-20-69(43)2/h17,20-30,35H,9-16,18-19,54-55H2,1-8H3,(H,56,76)(H,58,78)(H,59,82)(H,60,77)(H,61,79)(H,62,80)(H,63,84)(H,66,81)(H,67,83)/t35-/m1/s1. The molecule has 7 aromatic heterocycles. The van der Waals surface area contributed by atoms with E-state index in [1.54, 1.807) is 55.5 Å². The molecule has 0 aliphatic heterocycles. The van der Waals surface area contributed by atoms with Crippen molar-refractivity contribution in [1.82, 2.24) is 67.8 Å². The second-order valence-corrected chi connectivity index (χ2v) is 19.9. The van der Waals surface area contributed by atoms with Gasteiger partial charge in [0.25, 0.3) is 41.4 Å². The third-order valence-corrected chi connectivity index (χ3v) is 13.2. The predicted octanol–water partition coefficient (Wildman–Crippen LogP) is 0.495. The quantitative estimate of drug-likeness (QED) is 0.0312. The fourth-order valence-corrected chi connectivity index (χ4v) is 8.73. The first-order valence-corrected chi connectivity index (χ1v) is 26.5. The van der Waals surface area contributed by atoms with E-state index in [0.717, 1.165) is 25.9 Å². The number of hydrogen-bond donors (Lipinski definition) is 11. The van der Waals surface area contributed by atoms with Gasteiger partial charge in [-0.25, -0.2) is 15.0 Å². The molecule has 0 spiro atoms. The number of aromatic nitrogens is 10. The Morgan fingerprint density at radius 1 is 0.488 bits per heavy atom. The van der Waals surface area contributed by atoms with E-state index >= 15 is 0 Å². The molecule has 446 valence electrons. The molecule has 31 heteroatoms. The van der Waals surface area contributed by atoms with E-state index in [1.807, 2.05) is 7.05 Å². The van der Waals surface area contributed by atoms with Crippen molar-refractivity contribution in [2.75, 3.05) is 78.2 Å². The molecule has 9 amide bonds. The van der Waals surface area contributed by atoms with Gasteiger partial charge in [0, 0.05) is 125 Å². The fourth-order valence-electron chi connectivity index (χ4n) is 8.73. The van der Waals surface area contributed by atoms with Crippen molar-refractivity contribution >= 4 is 87.5 Å². The van der Waals surface area contributed by atoms with E-state index in [4.69, 9.17) is 11.5 Å². The second-order valence-electron chi connectivity index (χ2n) is 19.9. The molecule has 0 saturated heterocycles. The van der Waals surface area contributed by atoms with Crippen molar-refractivity contribution in [2.45, 2.75) is 31.7 Å². The van der Waals surface area contributed by atoms with Gasteiger partial charge in [0.15, 0.2) is 17.5 Å². The van der Waals surface area contributed by atoms with Gasteiger partial charge in [-0.3, -0.25) is 43.2 Å². The molecule has 7 heterocycles. The van der Waals surface area contributed by atoms with Crippen LogP contribution in [0.3, 0.4) is 0 Å². The summed E-state index contributed by atoms with van der Waals surface area (Å²) in [7, 11) is 13.3. The summed E-state index contributed by atoms with van der Waals surface area (Å²) in [6.07, 6.45) is 14.0. The van der Waals surface area contributed by atoms with Crippen LogP contribution in [0, 0.1) is 0 Å². The molecule has 0 saturated carbocycles. The molecule has 0 aromatic carbocycles. The minimum atomic E-state index is -1.06. The highest BCUT2D eigenvalue weighted by Crippen LogP contribution is 2.22. The highest BCUT2D eigenvalue weighted by molar-refractivity contribution is 6.09. The number of aryl methyl sites for hydroxylation is 7. The Balaban J connectivity index is 0.829. The molecule has 1 atom stereocenters. The Hall–Kier alpha value is -10.1. The maximum Gasteiger partial charge on any atom is 0.292 e. The van der Waals surface area contributed by atoms with Crippen LogP contribution >= 0.6 is 0 Å². The van der Waals surface area contributed by atoms with Crippen LogP contribution in [-0.2, 0) is 58.9 Å². The molecule has 84 heavy (non-hydrogen) atoms. The second kappa shape index (κ2) is 27.6. The third kappa shape index (κ3) is 15.9. The molecule has 0 aliphatic rings. The zero-order valence-electron chi connectivity index (χ0n) is 47.8. The zero-order chi connectivity index (χ0) is 60.9. The highest BCUT2D eigenvalue weighted by atomic mass is 16.2. The van der Waals surface area contributed by atoms with Gasteiger partial charge in [-0.1, -0.05) is 0 Å². The van der Waals surface area contributed by atoms with Crippen LogP contribution in [0.1, 0.15) is 99.5 Å². The fraction of sp³-hybridized carbons (Fsp3) is 0.358. The summed E-state index contributed by atoms with van der Waals surface area (Å²) >= 11 is 0. The van der Waals surface area contributed by atoms with Crippen molar-refractivity contribution in [1.29, 1.82) is 0 Å². The van der Waals surface area contributed by atoms with Crippen molar-refractivity contribution in [2.24, 2.45) is 60.8 Å². The molecule has 0 aliphatic carbocycles. The van der Waals surface area contributed by atoms with Crippen molar-refractivity contribution < 1.29 is 43.2 Å². The molecule has 7 rings (SSSR count). The maximum absolute atomic E-state index is 13.5. The van der Waals surface area contributed by atoms with Crippen LogP contribution in [0.25, 0.3) is 0 Å². The maximum atomic E-state index is 13.5. The van der Waals surface area contributed by atoms with Crippen LogP contribution < -0.4 is 59.3 Å². The Labute approximate surface area is 481 Å². The average Bonchev–Trinajstić information content (AvgIpc) is 4.32. The molecular weight excluding hydrogens is 1090 g/mol. The van der Waals surface area contributed by atoms with Crippen LogP contribution in [0.4, 0.5) is 34.4 Å². The van der Waals surface area contributed by atoms with Gasteiger partial charge < -0.3 is 96.2 Å². The number of hydrogen-bond acceptors (Lipinski definition) is 15. The summed E-state index contributed by atoms with van der Waals surface area (Å²) < 4.78 is 10.4. The van der Waals surface area contributed by atoms with Gasteiger partial charge in [0.05, 0.1) is 28.8 Å². The number of imidazole rings is 3. The molecule has 0 unspecified atom stereocenters. The highest BCUT2D eigenvalue weighted by Gasteiger charge is 2.24. The first-order chi connectivity index (χ1) is 40.0. The zero-order valence-corrected chi connectivity index (χ0v) is 47.8. The van der Waals surface area contributed by atoms with E-state index in [2.05, 4.69) is 67.7 Å². The number of nitrogens with zero attached hydrogens (tertiary/aromatic N) is 11. The van der Waals surface area contributed by atoms with Crippen LogP contribution in [0.2, 0.25) is 0 Å². The van der Waals surface area contributed by atoms with Gasteiger partial charge in [-0.15, -0.1) is 0 Å². The van der Waals surface area contributed by atoms with Gasteiger partial charge >= 0.3 is 0 Å². The number of carbonyl (C=O) groups excluding carboxylic acids is 9. The summed E-state index contributed by atoms with van der Waals surface area (Å²) in [4.78, 5) is 132. The predicted molar refractivity (Wildman–Crippen MR) is 310 cm³/mol. The number of anilines is 6. The summed E-state index contributed by atoms with van der Waals surface area (Å²) in [6, 6.07) is 4.78. The number of carbonyl (C=O) groups is 9. The van der Waals surface area contributed by atoms with E-state index in [-0.39, 0.29) is 101 Å². The van der Waals surface area contributed by atoms with Gasteiger partial charge in [0.1, 0.15) is 22.8 Å². The SMILES string of the molecule is CN(CCCN)CCCNC(=O)CCNC(=O)c1nc(NC(=O)c2cc(NC(=O)c3cc(NC(=O)c4cc(NC(=O)[C@H](N)CCNC(=O)c5cc(NC(=O)c6nc(NC(=O)c7nccn7C)cn6C)cn5C)cn4C)cn3C)cn2C)cn1C. The minimum absolute atomic E-state index is 0.00688. The monoisotopic (exact) mass is 1160 g/mol. The first kappa shape index (κ1) is 61.5. The molecule has 13 N–H and O–H groups in total. The Morgan fingerprint density at radius 3 is 1.44 bits per heavy atom. The van der Waals surface area contributed by atoms with Crippen molar-refractivity contribution in [3.05, 3.63) is 114 Å². The Kier molecular flexibility index (Phi) is 20.2. The number of rotatable bonds is 27. The van der Waals surface area contributed by atoms with Crippen molar-refractivity contribution in [3.63, 3.8) is 0 Å². The average molecular weight is 1160 g/mol. The third-order valence-electron chi connectivity index (χ3n) is 13.2. The first-order valence-electron chi connectivity index (χ1n) is 26.5. The Bertz CT molecular complexity index is 3590. The lowest BCUT2D eigenvalue weighted by molar-refractivity contribution is -0.121. The lowest BCUT2D eigenvalue weighted by Crippen LogP contribution is -2.39. The minimum Gasteiger partial charge on any atom is -0.356 e. The molecule has 7 aromatic rings. The number of nitrogens with two attached hydrogens (primary N) is 2. The Morgan fingerprint density at radius 2 is 0.929 bits per heavy atom. The molecule has 31 nitrogen and oxygen atoms in total. The van der Waals surface area contributed by atoms with E-state index in [0.29, 0.717) is 18.8 Å². The van der Waals surface area contributed by atoms with Gasteiger partial charge in [0.2, 0.25) is 23.5 Å². The normalized spacial score (nSPS) is 11.5. The summed E-state index contributed by atoms with van der Waals surface area (Å²) in [5.41, 5.74) is 13.6. The molecule has 0 fully saturated rings. The molecule has 0 bridgehead atoms. The number of amides is 9. The van der Waals surface area contributed by atoms with Crippen molar-refractivity contribution in [3.8, 4) is 0 Å². The van der Waals surface area contributed by atoms with Crippen LogP contribution in [0.15, 0.2) is 73.8 Å². The summed E-state index contributed by atoms with van der Waals surface area (Å²) in [6.45, 7) is 2.95. The topological polar surface area (TPSA) is 390 Å². The van der Waals surface area contributed by atoms with Crippen LogP contribution in [0.5, 0.6) is 0 Å². The largest absolute Gasteiger partial charge is 0.356 e. The molecular formula is C53H70N22O9. The van der Waals surface area contributed by atoms with E-state index < -0.39 is 53.3 Å². The lowest BCUT2D eigenvalue weighted by atomic mass is 10.2. The summed E-state index contributed by atoms with van der Waals surface area (Å²) in [5.74, 6) is -4.16. The lowest BCUT2D eigenvalue weighted by Gasteiger charge is -2.15. The number of nitrogens with one attached hydrogen (secondary N) is 9. The van der Waals surface area contributed by atoms with E-state index in [1.165, 1.54) is 99.6 Å². The van der Waals surface area contributed by atoms with Crippen LogP contribution in [-0.4, -0.2) is 157 Å². The smallest absolute Gasteiger partial charge is 0.292 e. The van der Waals surface area contributed by atoms with Gasteiger partial charge in [-0.2, -0.15) is 0 Å². The van der Waals surface area contributed by atoms with E-state index in [9.17, 15) is 43.2 Å². The summed E-state index contributed by atoms with van der Waals surface area (Å²) in [5, 5.41) is 24.5. The molecule has 0 radical (unpaired) electrons.